The van der Waals surface area contributed by atoms with Gasteiger partial charge in [0.05, 0.1) is 19.1 Å². The molecule has 10 heteroatoms. The van der Waals surface area contributed by atoms with Crippen LogP contribution in [0.4, 0.5) is 10.1 Å². The number of hydrogen-bond donors (Lipinski definition) is 1. The fourth-order valence-corrected chi connectivity index (χ4v) is 4.27. The number of hydrogen-bond acceptors (Lipinski definition) is 5. The SMILES string of the molecule is CC[C@H](C)NC(=O)[C@H](C)N(Cc1ccc(F)cc1)C(=O)CN(c1cc(C)ccc1OC)S(C)(=O)=O. The van der Waals surface area contributed by atoms with Gasteiger partial charge in [0, 0.05) is 12.6 Å². The third-order valence-corrected chi connectivity index (χ3v) is 6.84. The molecular formula is C25H34FN3O5S. The van der Waals surface area contributed by atoms with Gasteiger partial charge in [0.2, 0.25) is 21.8 Å². The van der Waals surface area contributed by atoms with Crippen molar-refractivity contribution in [3.8, 4) is 5.75 Å². The van der Waals surface area contributed by atoms with Crippen LogP contribution in [-0.4, -0.2) is 57.1 Å². The van der Waals surface area contributed by atoms with E-state index >= 15 is 0 Å². The van der Waals surface area contributed by atoms with Crippen LogP contribution in [0.15, 0.2) is 42.5 Å². The molecule has 0 saturated heterocycles. The molecule has 0 heterocycles. The fourth-order valence-electron chi connectivity index (χ4n) is 3.42. The predicted octanol–water partition coefficient (Wildman–Crippen LogP) is 3.24. The number of ether oxygens (including phenoxy) is 1. The van der Waals surface area contributed by atoms with Crippen molar-refractivity contribution in [3.63, 3.8) is 0 Å². The minimum Gasteiger partial charge on any atom is -0.495 e. The molecule has 192 valence electrons. The number of carbonyl (C=O) groups is 2. The molecule has 0 aromatic heterocycles. The molecule has 2 atom stereocenters. The van der Waals surface area contributed by atoms with E-state index in [2.05, 4.69) is 5.32 Å². The Morgan fingerprint density at radius 2 is 1.74 bits per heavy atom. The average molecular weight is 508 g/mol. The Labute approximate surface area is 207 Å². The van der Waals surface area contributed by atoms with Crippen molar-refractivity contribution in [1.29, 1.82) is 0 Å². The number of nitrogens with one attached hydrogen (secondary N) is 1. The summed E-state index contributed by atoms with van der Waals surface area (Å²) in [6.45, 7) is 6.62. The van der Waals surface area contributed by atoms with Gasteiger partial charge in [-0.05, 0) is 62.6 Å². The molecule has 0 bridgehead atoms. The van der Waals surface area contributed by atoms with Crippen LogP contribution in [0, 0.1) is 12.7 Å². The summed E-state index contributed by atoms with van der Waals surface area (Å²) in [5.41, 5.74) is 1.61. The summed E-state index contributed by atoms with van der Waals surface area (Å²) in [4.78, 5) is 27.7. The van der Waals surface area contributed by atoms with Crippen molar-refractivity contribution in [1.82, 2.24) is 10.2 Å². The van der Waals surface area contributed by atoms with Gasteiger partial charge in [0.1, 0.15) is 24.2 Å². The molecule has 1 N–H and O–H groups in total. The van der Waals surface area contributed by atoms with E-state index in [0.29, 0.717) is 17.7 Å². The molecule has 0 spiro atoms. The Morgan fingerprint density at radius 1 is 1.11 bits per heavy atom. The first-order chi connectivity index (χ1) is 16.4. The van der Waals surface area contributed by atoms with Crippen molar-refractivity contribution in [3.05, 3.63) is 59.4 Å². The average Bonchev–Trinajstić information content (AvgIpc) is 2.80. The minimum atomic E-state index is -3.89. The maximum absolute atomic E-state index is 13.6. The highest BCUT2D eigenvalue weighted by molar-refractivity contribution is 7.92. The van der Waals surface area contributed by atoms with E-state index in [9.17, 15) is 22.4 Å². The van der Waals surface area contributed by atoms with Crippen LogP contribution in [-0.2, 0) is 26.2 Å². The molecule has 0 saturated carbocycles. The number of aryl methyl sites for hydroxylation is 1. The van der Waals surface area contributed by atoms with Crippen LogP contribution < -0.4 is 14.4 Å². The summed E-state index contributed by atoms with van der Waals surface area (Å²) < 4.78 is 45.2. The number of benzene rings is 2. The number of anilines is 1. The largest absolute Gasteiger partial charge is 0.495 e. The lowest BCUT2D eigenvalue weighted by molar-refractivity contribution is -0.139. The number of nitrogens with zero attached hydrogens (tertiary/aromatic N) is 2. The first-order valence-electron chi connectivity index (χ1n) is 11.3. The summed E-state index contributed by atoms with van der Waals surface area (Å²) in [5.74, 6) is -1.09. The Balaban J connectivity index is 2.45. The van der Waals surface area contributed by atoms with Crippen LogP contribution in [0.5, 0.6) is 5.75 Å². The van der Waals surface area contributed by atoms with Gasteiger partial charge in [-0.3, -0.25) is 13.9 Å². The molecule has 2 aromatic carbocycles. The van der Waals surface area contributed by atoms with Crippen LogP contribution in [0.1, 0.15) is 38.3 Å². The zero-order valence-electron chi connectivity index (χ0n) is 21.0. The van der Waals surface area contributed by atoms with Gasteiger partial charge in [-0.25, -0.2) is 12.8 Å². The van der Waals surface area contributed by atoms with Gasteiger partial charge in [-0.1, -0.05) is 25.1 Å². The smallest absolute Gasteiger partial charge is 0.244 e. The second-order valence-electron chi connectivity index (χ2n) is 8.59. The molecular weight excluding hydrogens is 473 g/mol. The normalized spacial score (nSPS) is 13.0. The first-order valence-corrected chi connectivity index (χ1v) is 13.2. The Hall–Kier alpha value is -3.14. The lowest BCUT2D eigenvalue weighted by Gasteiger charge is -2.32. The molecule has 8 nitrogen and oxygen atoms in total. The zero-order valence-corrected chi connectivity index (χ0v) is 21.9. The van der Waals surface area contributed by atoms with E-state index in [1.165, 1.54) is 36.3 Å². The molecule has 0 unspecified atom stereocenters. The predicted molar refractivity (Wildman–Crippen MR) is 134 cm³/mol. The van der Waals surface area contributed by atoms with Crippen molar-refractivity contribution >= 4 is 27.5 Å². The molecule has 0 aliphatic rings. The van der Waals surface area contributed by atoms with Gasteiger partial charge < -0.3 is 15.0 Å². The van der Waals surface area contributed by atoms with Crippen LogP contribution in [0.25, 0.3) is 0 Å². The quantitative estimate of drug-likeness (QED) is 0.504. The van der Waals surface area contributed by atoms with Crippen molar-refractivity contribution < 1.29 is 27.1 Å². The Kier molecular flexibility index (Phi) is 9.64. The highest BCUT2D eigenvalue weighted by Gasteiger charge is 2.31. The van der Waals surface area contributed by atoms with Crippen LogP contribution >= 0.6 is 0 Å². The maximum Gasteiger partial charge on any atom is 0.244 e. The second kappa shape index (κ2) is 12.0. The molecule has 35 heavy (non-hydrogen) atoms. The lowest BCUT2D eigenvalue weighted by atomic mass is 10.1. The van der Waals surface area contributed by atoms with E-state index in [-0.39, 0.29) is 24.2 Å². The fraction of sp³-hybridized carbons (Fsp3) is 0.440. The van der Waals surface area contributed by atoms with Gasteiger partial charge in [0.25, 0.3) is 0 Å². The molecule has 0 aliphatic carbocycles. The third kappa shape index (κ3) is 7.68. The van der Waals surface area contributed by atoms with E-state index in [0.717, 1.165) is 16.1 Å². The second-order valence-corrected chi connectivity index (χ2v) is 10.5. The van der Waals surface area contributed by atoms with Gasteiger partial charge in [0.15, 0.2) is 0 Å². The van der Waals surface area contributed by atoms with Gasteiger partial charge in [-0.2, -0.15) is 0 Å². The minimum absolute atomic E-state index is 0.00321. The van der Waals surface area contributed by atoms with E-state index in [1.54, 1.807) is 32.0 Å². The van der Waals surface area contributed by atoms with Crippen LogP contribution in [0.2, 0.25) is 0 Å². The molecule has 2 aromatic rings. The highest BCUT2D eigenvalue weighted by Crippen LogP contribution is 2.31. The maximum atomic E-state index is 13.6. The molecule has 0 aliphatic heterocycles. The number of sulfonamides is 1. The molecule has 2 rings (SSSR count). The third-order valence-electron chi connectivity index (χ3n) is 5.72. The number of rotatable bonds is 11. The van der Waals surface area contributed by atoms with E-state index in [4.69, 9.17) is 4.74 Å². The Morgan fingerprint density at radius 3 is 2.29 bits per heavy atom. The highest BCUT2D eigenvalue weighted by atomic mass is 32.2. The van der Waals surface area contributed by atoms with Crippen LogP contribution in [0.3, 0.4) is 0 Å². The number of carbonyl (C=O) groups excluding carboxylic acids is 2. The topological polar surface area (TPSA) is 96.0 Å². The first kappa shape index (κ1) is 28.1. The summed E-state index contributed by atoms with van der Waals surface area (Å²) in [5, 5.41) is 2.86. The van der Waals surface area contributed by atoms with Crippen molar-refractivity contribution in [2.24, 2.45) is 0 Å². The standard InChI is InChI=1S/C25H34FN3O5S/c1-7-18(3)27-25(31)19(4)28(15-20-9-11-21(26)12-10-20)24(30)16-29(35(6,32)33)22-14-17(2)8-13-23(22)34-5/h8-14,18-19H,7,15-16H2,1-6H3,(H,27,31)/t18-,19-/m0/s1. The monoisotopic (exact) mass is 507 g/mol. The van der Waals surface area contributed by atoms with Crippen molar-refractivity contribution in [2.45, 2.75) is 52.7 Å². The molecule has 0 radical (unpaired) electrons. The summed E-state index contributed by atoms with van der Waals surface area (Å²) in [7, 11) is -2.47. The summed E-state index contributed by atoms with van der Waals surface area (Å²) >= 11 is 0. The molecule has 2 amide bonds. The number of methoxy groups -OCH3 is 1. The van der Waals surface area contributed by atoms with Gasteiger partial charge in [-0.15, -0.1) is 0 Å². The Bertz CT molecular complexity index is 1140. The lowest BCUT2D eigenvalue weighted by Crippen LogP contribution is -2.52. The van der Waals surface area contributed by atoms with Gasteiger partial charge >= 0.3 is 0 Å². The number of halogens is 1. The van der Waals surface area contributed by atoms with E-state index in [1.807, 2.05) is 13.8 Å². The summed E-state index contributed by atoms with van der Waals surface area (Å²) in [6.07, 6.45) is 1.71. The van der Waals surface area contributed by atoms with E-state index < -0.39 is 34.3 Å². The summed E-state index contributed by atoms with van der Waals surface area (Å²) in [6, 6.07) is 9.60. The number of amides is 2. The molecule has 0 fully saturated rings. The zero-order chi connectivity index (χ0) is 26.3. The van der Waals surface area contributed by atoms with Crippen molar-refractivity contribution in [2.75, 3.05) is 24.2 Å².